The van der Waals surface area contributed by atoms with Gasteiger partial charge in [-0.25, -0.2) is 4.79 Å². The molecule has 0 aliphatic carbocycles. The lowest BCUT2D eigenvalue weighted by atomic mass is 10.2. The van der Waals surface area contributed by atoms with Crippen LogP contribution in [0.5, 0.6) is 0 Å². The Balaban J connectivity index is 2.66. The van der Waals surface area contributed by atoms with Crippen LogP contribution in [0.1, 0.15) is 20.8 Å². The molecule has 14 heavy (non-hydrogen) atoms. The zero-order valence-electron chi connectivity index (χ0n) is 8.66. The predicted molar refractivity (Wildman–Crippen MR) is 53.3 cm³/mol. The Morgan fingerprint density at radius 1 is 1.57 bits per heavy atom. The highest BCUT2D eigenvalue weighted by Gasteiger charge is 2.28. The van der Waals surface area contributed by atoms with Crippen LogP contribution < -0.4 is 0 Å². The minimum atomic E-state index is -0.572. The van der Waals surface area contributed by atoms with Gasteiger partial charge < -0.3 is 9.47 Å². The fourth-order valence-electron chi connectivity index (χ4n) is 0.959. The molecule has 1 heterocycles. The van der Waals surface area contributed by atoms with Crippen molar-refractivity contribution in [2.45, 2.75) is 27.1 Å². The third kappa shape index (κ3) is 2.05. The van der Waals surface area contributed by atoms with Gasteiger partial charge in [-0.1, -0.05) is 12.7 Å². The van der Waals surface area contributed by atoms with E-state index in [-0.39, 0.29) is 5.97 Å². The lowest BCUT2D eigenvalue weighted by Gasteiger charge is -2.10. The minimum absolute atomic E-state index is 0.308. The van der Waals surface area contributed by atoms with Gasteiger partial charge in [0.15, 0.2) is 0 Å². The monoisotopic (exact) mass is 194 g/mol. The van der Waals surface area contributed by atoms with Crippen molar-refractivity contribution in [1.29, 1.82) is 0 Å². The van der Waals surface area contributed by atoms with Crippen LogP contribution in [-0.4, -0.2) is 12.3 Å². The molecule has 76 valence electrons. The van der Waals surface area contributed by atoms with Gasteiger partial charge in [0, 0.05) is 11.1 Å². The fourth-order valence-corrected chi connectivity index (χ4v) is 0.959. The molecule has 1 aliphatic rings. The lowest BCUT2D eigenvalue weighted by molar-refractivity contribution is -0.152. The van der Waals surface area contributed by atoms with E-state index in [1.165, 1.54) is 6.26 Å². The quantitative estimate of drug-likeness (QED) is 0.393. The molecule has 0 amide bonds. The summed E-state index contributed by atoms with van der Waals surface area (Å²) in [6, 6.07) is 0. The van der Waals surface area contributed by atoms with Crippen molar-refractivity contribution in [1.82, 2.24) is 0 Å². The van der Waals surface area contributed by atoms with Crippen LogP contribution in [0.2, 0.25) is 0 Å². The fraction of sp³-hybridized carbons (Fsp3) is 0.364. The summed E-state index contributed by atoms with van der Waals surface area (Å²) in [6.07, 6.45) is 2.63. The molecule has 3 heteroatoms. The molecule has 0 fully saturated rings. The van der Waals surface area contributed by atoms with E-state index in [9.17, 15) is 4.79 Å². The summed E-state index contributed by atoms with van der Waals surface area (Å²) in [7, 11) is 0. The first-order valence-corrected chi connectivity index (χ1v) is 4.39. The number of cyclic esters (lactones) is 1. The van der Waals surface area contributed by atoms with Crippen LogP contribution in [0, 0.1) is 0 Å². The maximum absolute atomic E-state index is 11.1. The van der Waals surface area contributed by atoms with Gasteiger partial charge >= 0.3 is 5.97 Å². The van der Waals surface area contributed by atoms with Crippen LogP contribution in [0.25, 0.3) is 0 Å². The maximum atomic E-state index is 11.1. The first-order valence-electron chi connectivity index (χ1n) is 4.39. The Hall–Kier alpha value is -1.51. The molecular formula is C11H14O3. The average Bonchev–Trinajstić information content (AvgIpc) is 2.42. The van der Waals surface area contributed by atoms with Crippen LogP contribution in [0.3, 0.4) is 0 Å². The summed E-state index contributed by atoms with van der Waals surface area (Å²) in [6.45, 7) is 8.99. The number of hydrogen-bond acceptors (Lipinski definition) is 3. The SMILES string of the molecule is C=C/C(C)=C/OC1OC(=O)C(C)=C1C. The van der Waals surface area contributed by atoms with Crippen molar-refractivity contribution in [3.05, 3.63) is 35.6 Å². The normalized spacial score (nSPS) is 22.4. The highest BCUT2D eigenvalue weighted by molar-refractivity contribution is 5.91. The number of carbonyl (C=O) groups is 1. The Kier molecular flexibility index (Phi) is 3.12. The van der Waals surface area contributed by atoms with E-state index in [1.807, 2.05) is 13.8 Å². The van der Waals surface area contributed by atoms with Gasteiger partial charge in [0.25, 0.3) is 6.29 Å². The van der Waals surface area contributed by atoms with E-state index in [0.717, 1.165) is 11.1 Å². The van der Waals surface area contributed by atoms with E-state index in [1.54, 1.807) is 13.0 Å². The largest absolute Gasteiger partial charge is 0.458 e. The lowest BCUT2D eigenvalue weighted by Crippen LogP contribution is -2.12. The number of hydrogen-bond donors (Lipinski definition) is 0. The smallest absolute Gasteiger partial charge is 0.337 e. The summed E-state index contributed by atoms with van der Waals surface area (Å²) in [5, 5.41) is 0. The zero-order chi connectivity index (χ0) is 10.7. The minimum Gasteiger partial charge on any atom is -0.458 e. The zero-order valence-corrected chi connectivity index (χ0v) is 8.66. The molecule has 0 radical (unpaired) electrons. The summed E-state index contributed by atoms with van der Waals surface area (Å²) in [5.41, 5.74) is 2.33. The maximum Gasteiger partial charge on any atom is 0.337 e. The van der Waals surface area contributed by atoms with Crippen LogP contribution in [0.4, 0.5) is 0 Å². The molecule has 0 bridgehead atoms. The second kappa shape index (κ2) is 4.13. The number of esters is 1. The average molecular weight is 194 g/mol. The van der Waals surface area contributed by atoms with Crippen molar-refractivity contribution in [2.75, 3.05) is 0 Å². The van der Waals surface area contributed by atoms with E-state index in [2.05, 4.69) is 6.58 Å². The van der Waals surface area contributed by atoms with Gasteiger partial charge in [0.2, 0.25) is 0 Å². The molecule has 1 rings (SSSR count). The van der Waals surface area contributed by atoms with E-state index < -0.39 is 6.29 Å². The van der Waals surface area contributed by atoms with Crippen molar-refractivity contribution in [2.24, 2.45) is 0 Å². The van der Waals surface area contributed by atoms with Gasteiger partial charge in [-0.15, -0.1) is 0 Å². The van der Waals surface area contributed by atoms with Gasteiger partial charge in [-0.2, -0.15) is 0 Å². The molecule has 0 N–H and O–H groups in total. The summed E-state index contributed by atoms with van der Waals surface area (Å²) in [5.74, 6) is -0.308. The van der Waals surface area contributed by atoms with Crippen molar-refractivity contribution < 1.29 is 14.3 Å². The molecular weight excluding hydrogens is 180 g/mol. The van der Waals surface area contributed by atoms with Crippen LogP contribution in [-0.2, 0) is 14.3 Å². The third-order valence-electron chi connectivity index (χ3n) is 2.16. The molecule has 1 atom stereocenters. The van der Waals surface area contributed by atoms with Crippen molar-refractivity contribution in [3.8, 4) is 0 Å². The standard InChI is InChI=1S/C11H14O3/c1-5-7(2)6-13-11-9(4)8(3)10(12)14-11/h5-6,11H,1H2,2-4H3/b7-6+. The number of carbonyl (C=O) groups excluding carboxylic acids is 1. The molecule has 0 saturated heterocycles. The molecule has 0 saturated carbocycles. The van der Waals surface area contributed by atoms with E-state index >= 15 is 0 Å². The summed E-state index contributed by atoms with van der Waals surface area (Å²) in [4.78, 5) is 11.1. The Bertz CT molecular complexity index is 323. The number of rotatable bonds is 3. The number of allylic oxidation sites excluding steroid dienone is 2. The Morgan fingerprint density at radius 2 is 2.21 bits per heavy atom. The Labute approximate surface area is 83.7 Å². The van der Waals surface area contributed by atoms with E-state index in [0.29, 0.717) is 5.57 Å². The first-order chi connectivity index (χ1) is 6.56. The van der Waals surface area contributed by atoms with Gasteiger partial charge in [-0.05, 0) is 26.3 Å². The van der Waals surface area contributed by atoms with Gasteiger partial charge in [-0.3, -0.25) is 0 Å². The third-order valence-corrected chi connectivity index (χ3v) is 2.16. The summed E-state index contributed by atoms with van der Waals surface area (Å²) >= 11 is 0. The molecule has 3 nitrogen and oxygen atoms in total. The highest BCUT2D eigenvalue weighted by atomic mass is 16.7. The van der Waals surface area contributed by atoms with Crippen LogP contribution >= 0.6 is 0 Å². The molecule has 0 aromatic heterocycles. The van der Waals surface area contributed by atoms with Crippen molar-refractivity contribution in [3.63, 3.8) is 0 Å². The van der Waals surface area contributed by atoms with Gasteiger partial charge in [0.05, 0.1) is 6.26 Å². The topological polar surface area (TPSA) is 35.5 Å². The van der Waals surface area contributed by atoms with Crippen molar-refractivity contribution >= 4 is 5.97 Å². The van der Waals surface area contributed by atoms with Gasteiger partial charge in [0.1, 0.15) is 0 Å². The number of ether oxygens (including phenoxy) is 2. The molecule has 1 aliphatic heterocycles. The second-order valence-corrected chi connectivity index (χ2v) is 3.25. The summed E-state index contributed by atoms with van der Waals surface area (Å²) < 4.78 is 10.2. The Morgan fingerprint density at radius 3 is 2.64 bits per heavy atom. The molecule has 0 aromatic rings. The van der Waals surface area contributed by atoms with Crippen LogP contribution in [0.15, 0.2) is 35.6 Å². The second-order valence-electron chi connectivity index (χ2n) is 3.25. The molecule has 0 spiro atoms. The molecule has 0 aromatic carbocycles. The van der Waals surface area contributed by atoms with E-state index in [4.69, 9.17) is 9.47 Å². The molecule has 1 unspecified atom stereocenters. The highest BCUT2D eigenvalue weighted by Crippen LogP contribution is 2.23. The predicted octanol–water partition coefficient (Wildman–Crippen LogP) is 2.31. The first kappa shape index (κ1) is 10.6.